The van der Waals surface area contributed by atoms with E-state index in [1.54, 1.807) is 23.9 Å². The number of amides is 1. The monoisotopic (exact) mass is 432 g/mol. The molecule has 0 saturated carbocycles. The third kappa shape index (κ3) is 5.27. The molecule has 1 amide bonds. The smallest absolute Gasteiger partial charge is 0.251 e. The van der Waals surface area contributed by atoms with Gasteiger partial charge in [0, 0.05) is 21.8 Å². The summed E-state index contributed by atoms with van der Waals surface area (Å²) in [6.07, 6.45) is 0. The number of aromatic nitrogens is 1. The Bertz CT molecular complexity index is 1170. The average molecular weight is 433 g/mol. The maximum atomic E-state index is 12.4. The van der Waals surface area contributed by atoms with Crippen LogP contribution < -0.4 is 5.32 Å². The van der Waals surface area contributed by atoms with Gasteiger partial charge in [0.25, 0.3) is 5.91 Å². The molecular formula is C25H24N2O3S. The first kappa shape index (κ1) is 21.0. The Hall–Kier alpha value is -3.25. The first-order valence-corrected chi connectivity index (χ1v) is 11.1. The highest BCUT2D eigenvalue weighted by atomic mass is 32.2. The molecule has 2 aromatic carbocycles. The fourth-order valence-electron chi connectivity index (χ4n) is 3.09. The van der Waals surface area contributed by atoms with Gasteiger partial charge in [0.2, 0.25) is 5.89 Å². The minimum atomic E-state index is -0.153. The van der Waals surface area contributed by atoms with Crippen molar-refractivity contribution in [1.29, 1.82) is 0 Å². The molecule has 5 nitrogen and oxygen atoms in total. The topological polar surface area (TPSA) is 68.3 Å². The Labute approximate surface area is 185 Å². The van der Waals surface area contributed by atoms with Crippen molar-refractivity contribution in [2.24, 2.45) is 0 Å². The lowest BCUT2D eigenvalue weighted by atomic mass is 10.1. The molecule has 158 valence electrons. The van der Waals surface area contributed by atoms with Gasteiger partial charge in [-0.05, 0) is 69.3 Å². The molecule has 2 aromatic heterocycles. The van der Waals surface area contributed by atoms with E-state index in [0.29, 0.717) is 18.0 Å². The zero-order valence-corrected chi connectivity index (χ0v) is 18.6. The average Bonchev–Trinajstić information content (AvgIpc) is 3.37. The first-order valence-electron chi connectivity index (χ1n) is 10.1. The summed E-state index contributed by atoms with van der Waals surface area (Å²) < 4.78 is 11.4. The van der Waals surface area contributed by atoms with E-state index in [1.807, 2.05) is 38.1 Å². The summed E-state index contributed by atoms with van der Waals surface area (Å²) in [6, 6.07) is 19.5. The van der Waals surface area contributed by atoms with Crippen LogP contribution in [-0.4, -0.2) is 10.9 Å². The summed E-state index contributed by atoms with van der Waals surface area (Å²) in [7, 11) is 0. The molecule has 0 fully saturated rings. The highest BCUT2D eigenvalue weighted by molar-refractivity contribution is 7.98. The predicted molar refractivity (Wildman–Crippen MR) is 122 cm³/mol. The van der Waals surface area contributed by atoms with Gasteiger partial charge in [-0.25, -0.2) is 4.98 Å². The molecule has 1 N–H and O–H groups in total. The SMILES string of the molecule is Cc1ccc(SCc2nc(-c3ccc(C(=O)NCc4ccc(C)o4)cc3)oc2C)cc1. The maximum absolute atomic E-state index is 12.4. The summed E-state index contributed by atoms with van der Waals surface area (Å²) in [4.78, 5) is 18.2. The van der Waals surface area contributed by atoms with Crippen LogP contribution in [0.15, 0.2) is 74.4 Å². The van der Waals surface area contributed by atoms with Crippen LogP contribution in [0.2, 0.25) is 0 Å². The molecule has 0 spiro atoms. The number of aryl methyl sites for hydroxylation is 3. The van der Waals surface area contributed by atoms with Crippen molar-refractivity contribution in [3.8, 4) is 11.5 Å². The van der Waals surface area contributed by atoms with Gasteiger partial charge in [0.15, 0.2) is 0 Å². The van der Waals surface area contributed by atoms with Crippen LogP contribution in [0.4, 0.5) is 0 Å². The summed E-state index contributed by atoms with van der Waals surface area (Å²) in [6.45, 7) is 6.24. The molecule has 4 rings (SSSR count). The van der Waals surface area contributed by atoms with Crippen molar-refractivity contribution in [1.82, 2.24) is 10.3 Å². The Morgan fingerprint density at radius 3 is 2.35 bits per heavy atom. The molecule has 0 atom stereocenters. The minimum Gasteiger partial charge on any atom is -0.465 e. The zero-order chi connectivity index (χ0) is 21.8. The van der Waals surface area contributed by atoms with E-state index in [4.69, 9.17) is 8.83 Å². The van der Waals surface area contributed by atoms with Crippen LogP contribution in [-0.2, 0) is 12.3 Å². The summed E-state index contributed by atoms with van der Waals surface area (Å²) in [5.41, 5.74) is 3.59. The second kappa shape index (κ2) is 9.27. The maximum Gasteiger partial charge on any atom is 0.251 e. The number of nitrogens with zero attached hydrogens (tertiary/aromatic N) is 1. The molecule has 0 unspecified atom stereocenters. The van der Waals surface area contributed by atoms with Crippen molar-refractivity contribution >= 4 is 17.7 Å². The molecule has 0 saturated heterocycles. The van der Waals surface area contributed by atoms with E-state index in [-0.39, 0.29) is 5.91 Å². The summed E-state index contributed by atoms with van der Waals surface area (Å²) in [5.74, 6) is 3.52. The highest BCUT2D eigenvalue weighted by Crippen LogP contribution is 2.28. The molecule has 6 heteroatoms. The van der Waals surface area contributed by atoms with E-state index in [1.165, 1.54) is 10.5 Å². The Morgan fingerprint density at radius 2 is 1.68 bits per heavy atom. The number of furan rings is 1. The summed E-state index contributed by atoms with van der Waals surface area (Å²) >= 11 is 1.73. The van der Waals surface area contributed by atoms with Gasteiger partial charge in [-0.15, -0.1) is 11.8 Å². The largest absolute Gasteiger partial charge is 0.465 e. The number of nitrogens with one attached hydrogen (secondary N) is 1. The first-order chi connectivity index (χ1) is 15.0. The fourth-order valence-corrected chi connectivity index (χ4v) is 3.99. The highest BCUT2D eigenvalue weighted by Gasteiger charge is 2.13. The lowest BCUT2D eigenvalue weighted by molar-refractivity contribution is 0.0948. The second-order valence-electron chi connectivity index (χ2n) is 7.40. The van der Waals surface area contributed by atoms with E-state index in [0.717, 1.165) is 34.3 Å². The van der Waals surface area contributed by atoms with Crippen LogP contribution in [0, 0.1) is 20.8 Å². The van der Waals surface area contributed by atoms with Crippen LogP contribution in [0.25, 0.3) is 11.5 Å². The predicted octanol–water partition coefficient (Wildman–Crippen LogP) is 6.08. The molecule has 0 aliphatic carbocycles. The van der Waals surface area contributed by atoms with Gasteiger partial charge in [-0.2, -0.15) is 0 Å². The number of carbonyl (C=O) groups excluding carboxylic acids is 1. The number of hydrogen-bond donors (Lipinski definition) is 1. The Morgan fingerprint density at radius 1 is 0.935 bits per heavy atom. The second-order valence-corrected chi connectivity index (χ2v) is 8.44. The van der Waals surface area contributed by atoms with Crippen molar-refractivity contribution in [3.63, 3.8) is 0 Å². The number of carbonyl (C=O) groups is 1. The molecule has 0 aliphatic rings. The van der Waals surface area contributed by atoms with Gasteiger partial charge >= 0.3 is 0 Å². The van der Waals surface area contributed by atoms with Gasteiger partial charge in [-0.3, -0.25) is 4.79 Å². The van der Waals surface area contributed by atoms with Crippen LogP contribution in [0.5, 0.6) is 0 Å². The Kier molecular flexibility index (Phi) is 6.28. The number of benzene rings is 2. The zero-order valence-electron chi connectivity index (χ0n) is 17.8. The van der Waals surface area contributed by atoms with Gasteiger partial charge in [0.1, 0.15) is 17.3 Å². The van der Waals surface area contributed by atoms with Crippen molar-refractivity contribution in [2.45, 2.75) is 38.0 Å². The minimum absolute atomic E-state index is 0.153. The van der Waals surface area contributed by atoms with E-state index in [2.05, 4.69) is 41.5 Å². The van der Waals surface area contributed by atoms with E-state index in [9.17, 15) is 4.79 Å². The molecule has 0 bridgehead atoms. The molecule has 0 radical (unpaired) electrons. The standard InChI is InChI=1S/C25H24N2O3S/c1-16-4-12-22(13-5-16)31-15-23-18(3)30-25(27-23)20-9-7-19(8-10-20)24(28)26-14-21-11-6-17(2)29-21/h4-13H,14-15H2,1-3H3,(H,26,28). The molecular weight excluding hydrogens is 408 g/mol. The van der Waals surface area contributed by atoms with Crippen LogP contribution >= 0.6 is 11.8 Å². The lowest BCUT2D eigenvalue weighted by Crippen LogP contribution is -2.22. The Balaban J connectivity index is 1.38. The quantitative estimate of drug-likeness (QED) is 0.358. The van der Waals surface area contributed by atoms with Crippen LogP contribution in [0.3, 0.4) is 0 Å². The fraction of sp³-hybridized carbons (Fsp3) is 0.200. The number of oxazole rings is 1. The third-order valence-corrected chi connectivity index (χ3v) is 5.93. The van der Waals surface area contributed by atoms with E-state index < -0.39 is 0 Å². The molecule has 0 aliphatic heterocycles. The molecule has 4 aromatic rings. The number of hydrogen-bond acceptors (Lipinski definition) is 5. The molecule has 31 heavy (non-hydrogen) atoms. The normalized spacial score (nSPS) is 10.9. The lowest BCUT2D eigenvalue weighted by Gasteiger charge is -2.04. The summed E-state index contributed by atoms with van der Waals surface area (Å²) in [5, 5.41) is 2.86. The van der Waals surface area contributed by atoms with Gasteiger partial charge in [-0.1, -0.05) is 17.7 Å². The third-order valence-electron chi connectivity index (χ3n) is 4.90. The van der Waals surface area contributed by atoms with Crippen molar-refractivity contribution in [2.75, 3.05) is 0 Å². The van der Waals surface area contributed by atoms with E-state index >= 15 is 0 Å². The van der Waals surface area contributed by atoms with Crippen molar-refractivity contribution in [3.05, 3.63) is 94.8 Å². The van der Waals surface area contributed by atoms with Gasteiger partial charge in [0.05, 0.1) is 12.2 Å². The van der Waals surface area contributed by atoms with Crippen LogP contribution in [0.1, 0.15) is 38.9 Å². The number of rotatable bonds is 7. The van der Waals surface area contributed by atoms with Crippen molar-refractivity contribution < 1.29 is 13.6 Å². The number of thioether (sulfide) groups is 1. The van der Waals surface area contributed by atoms with Gasteiger partial charge < -0.3 is 14.2 Å². The molecule has 2 heterocycles.